The van der Waals surface area contributed by atoms with Gasteiger partial charge in [-0.3, -0.25) is 4.79 Å². The molecule has 2 nitrogen and oxygen atoms in total. The first-order chi connectivity index (χ1) is 9.58. The number of rotatable bonds is 4. The van der Waals surface area contributed by atoms with Gasteiger partial charge in [-0.05, 0) is 52.2 Å². The number of carbonyl (C=O) groups excluding carboxylic acids is 1. The van der Waals surface area contributed by atoms with Crippen LogP contribution in [0.2, 0.25) is 5.02 Å². The molecule has 0 aromatic heterocycles. The molecule has 0 aliphatic carbocycles. The fourth-order valence-corrected chi connectivity index (χ4v) is 2.37. The lowest BCUT2D eigenvalue weighted by Crippen LogP contribution is -2.26. The summed E-state index contributed by atoms with van der Waals surface area (Å²) in [6.07, 6.45) is 0.565. The van der Waals surface area contributed by atoms with E-state index in [1.165, 1.54) is 12.1 Å². The third kappa shape index (κ3) is 3.81. The maximum atomic E-state index is 13.0. The molecule has 5 heteroatoms. The van der Waals surface area contributed by atoms with Crippen LogP contribution in [0.25, 0.3) is 0 Å². The van der Waals surface area contributed by atoms with Gasteiger partial charge in [-0.25, -0.2) is 4.39 Å². The molecular weight excluding hydrogens is 345 g/mol. The second-order valence-corrected chi connectivity index (χ2v) is 5.47. The van der Waals surface area contributed by atoms with E-state index < -0.39 is 0 Å². The molecule has 0 fully saturated rings. The first-order valence-electron chi connectivity index (χ1n) is 6.04. The predicted molar refractivity (Wildman–Crippen MR) is 81.6 cm³/mol. The maximum absolute atomic E-state index is 13.0. The summed E-state index contributed by atoms with van der Waals surface area (Å²) < 4.78 is 13.7. The monoisotopic (exact) mass is 355 g/mol. The molecule has 0 bridgehead atoms. The molecule has 104 valence electrons. The lowest BCUT2D eigenvalue weighted by molar-refractivity contribution is 0.0954. The van der Waals surface area contributed by atoms with Crippen molar-refractivity contribution in [1.29, 1.82) is 0 Å². The largest absolute Gasteiger partial charge is 0.352 e. The highest BCUT2D eigenvalue weighted by atomic mass is 79.9. The van der Waals surface area contributed by atoms with E-state index in [1.807, 2.05) is 6.07 Å². The molecule has 0 saturated heterocycles. The number of hydrogen-bond acceptors (Lipinski definition) is 1. The second kappa shape index (κ2) is 6.86. The average Bonchev–Trinajstić information content (AvgIpc) is 2.42. The Kier molecular flexibility index (Phi) is 5.15. The van der Waals surface area contributed by atoms with Crippen LogP contribution in [-0.4, -0.2) is 12.5 Å². The van der Waals surface area contributed by atoms with Gasteiger partial charge in [-0.1, -0.05) is 29.8 Å². The van der Waals surface area contributed by atoms with E-state index in [1.54, 1.807) is 24.3 Å². The minimum absolute atomic E-state index is 0.243. The highest BCUT2D eigenvalue weighted by Gasteiger charge is 2.11. The molecule has 1 amide bonds. The zero-order valence-corrected chi connectivity index (χ0v) is 12.8. The molecule has 0 radical (unpaired) electrons. The highest BCUT2D eigenvalue weighted by molar-refractivity contribution is 9.10. The Labute approximate surface area is 130 Å². The number of carbonyl (C=O) groups is 1. The van der Waals surface area contributed by atoms with Gasteiger partial charge in [0.15, 0.2) is 0 Å². The van der Waals surface area contributed by atoms with Crippen LogP contribution in [0.15, 0.2) is 46.9 Å². The molecule has 0 heterocycles. The third-order valence-corrected chi connectivity index (χ3v) is 4.08. The van der Waals surface area contributed by atoms with Crippen molar-refractivity contribution in [3.63, 3.8) is 0 Å². The summed E-state index contributed by atoms with van der Waals surface area (Å²) >= 11 is 9.32. The van der Waals surface area contributed by atoms with Gasteiger partial charge < -0.3 is 5.32 Å². The Hall–Kier alpha value is -1.39. The first-order valence-corrected chi connectivity index (χ1v) is 7.21. The highest BCUT2D eigenvalue weighted by Crippen LogP contribution is 2.25. The average molecular weight is 357 g/mol. The smallest absolute Gasteiger partial charge is 0.252 e. The van der Waals surface area contributed by atoms with Crippen LogP contribution in [0.5, 0.6) is 0 Å². The lowest BCUT2D eigenvalue weighted by atomic mass is 10.1. The molecular formula is C15H12BrClFNO. The van der Waals surface area contributed by atoms with E-state index >= 15 is 0 Å². The molecule has 0 aliphatic rings. The summed E-state index contributed by atoms with van der Waals surface area (Å²) in [5.41, 5.74) is 1.26. The predicted octanol–water partition coefficient (Wildman–Crippen LogP) is 4.21. The molecule has 1 N–H and O–H groups in total. The van der Waals surface area contributed by atoms with E-state index in [-0.39, 0.29) is 11.7 Å². The Balaban J connectivity index is 1.94. The Morgan fingerprint density at radius 2 is 2.00 bits per heavy atom. The van der Waals surface area contributed by atoms with Crippen molar-refractivity contribution >= 4 is 33.4 Å². The van der Waals surface area contributed by atoms with Crippen molar-refractivity contribution in [2.75, 3.05) is 6.54 Å². The first kappa shape index (κ1) is 15.0. The molecule has 0 unspecified atom stereocenters. The zero-order chi connectivity index (χ0) is 14.5. The van der Waals surface area contributed by atoms with Crippen molar-refractivity contribution in [1.82, 2.24) is 5.32 Å². The zero-order valence-electron chi connectivity index (χ0n) is 10.5. The van der Waals surface area contributed by atoms with E-state index in [0.29, 0.717) is 28.0 Å². The fraction of sp³-hybridized carbons (Fsp3) is 0.133. The quantitative estimate of drug-likeness (QED) is 0.873. The topological polar surface area (TPSA) is 29.1 Å². The van der Waals surface area contributed by atoms with Gasteiger partial charge in [-0.2, -0.15) is 0 Å². The van der Waals surface area contributed by atoms with Gasteiger partial charge in [0.05, 0.1) is 10.6 Å². The SMILES string of the molecule is O=C(NCCc1cccc(F)c1)c1cccc(Br)c1Cl. The van der Waals surface area contributed by atoms with Crippen LogP contribution in [0.3, 0.4) is 0 Å². The van der Waals surface area contributed by atoms with Gasteiger partial charge >= 0.3 is 0 Å². The number of benzene rings is 2. The summed E-state index contributed by atoms with van der Waals surface area (Å²) in [6, 6.07) is 11.5. The number of nitrogens with one attached hydrogen (secondary N) is 1. The molecule has 2 aromatic carbocycles. The molecule has 0 spiro atoms. The van der Waals surface area contributed by atoms with Crippen molar-refractivity contribution in [2.45, 2.75) is 6.42 Å². The molecule has 0 saturated carbocycles. The summed E-state index contributed by atoms with van der Waals surface area (Å²) in [6.45, 7) is 0.422. The minimum atomic E-state index is -0.274. The molecule has 20 heavy (non-hydrogen) atoms. The van der Waals surface area contributed by atoms with Crippen LogP contribution in [0, 0.1) is 5.82 Å². The summed E-state index contributed by atoms with van der Waals surface area (Å²) in [5, 5.41) is 3.15. The maximum Gasteiger partial charge on any atom is 0.252 e. The van der Waals surface area contributed by atoms with Gasteiger partial charge in [0.2, 0.25) is 0 Å². The molecule has 2 aromatic rings. The van der Waals surface area contributed by atoms with Crippen LogP contribution in [0.4, 0.5) is 4.39 Å². The van der Waals surface area contributed by atoms with Crippen LogP contribution < -0.4 is 5.32 Å². The minimum Gasteiger partial charge on any atom is -0.352 e. The van der Waals surface area contributed by atoms with Crippen LogP contribution in [0.1, 0.15) is 15.9 Å². The van der Waals surface area contributed by atoms with Crippen molar-refractivity contribution in [3.8, 4) is 0 Å². The van der Waals surface area contributed by atoms with Crippen molar-refractivity contribution in [3.05, 3.63) is 68.9 Å². The molecule has 2 rings (SSSR count). The van der Waals surface area contributed by atoms with Crippen molar-refractivity contribution in [2.24, 2.45) is 0 Å². The molecule has 0 aliphatic heterocycles. The Morgan fingerprint density at radius 3 is 2.75 bits per heavy atom. The second-order valence-electron chi connectivity index (χ2n) is 4.24. The summed E-state index contributed by atoms with van der Waals surface area (Å²) in [5.74, 6) is -0.517. The van der Waals surface area contributed by atoms with Crippen molar-refractivity contribution < 1.29 is 9.18 Å². The summed E-state index contributed by atoms with van der Waals surface area (Å²) in [4.78, 5) is 12.0. The number of halogens is 3. The number of amides is 1. The third-order valence-electron chi connectivity index (χ3n) is 2.78. The Morgan fingerprint density at radius 1 is 1.25 bits per heavy atom. The van der Waals surface area contributed by atoms with Crippen LogP contribution >= 0.6 is 27.5 Å². The standard InChI is InChI=1S/C15H12BrClFNO/c16-13-6-2-5-12(14(13)17)15(20)19-8-7-10-3-1-4-11(18)9-10/h1-6,9H,7-8H2,(H,19,20). The molecule has 0 atom stereocenters. The van der Waals surface area contributed by atoms with E-state index in [9.17, 15) is 9.18 Å². The number of hydrogen-bond donors (Lipinski definition) is 1. The van der Waals surface area contributed by atoms with E-state index in [2.05, 4.69) is 21.2 Å². The van der Waals surface area contributed by atoms with E-state index in [4.69, 9.17) is 11.6 Å². The van der Waals surface area contributed by atoms with Gasteiger partial charge in [-0.15, -0.1) is 0 Å². The lowest BCUT2D eigenvalue weighted by Gasteiger charge is -2.08. The fourth-order valence-electron chi connectivity index (χ4n) is 1.79. The Bertz CT molecular complexity index is 633. The van der Waals surface area contributed by atoms with E-state index in [0.717, 1.165) is 5.56 Å². The van der Waals surface area contributed by atoms with Crippen LogP contribution in [-0.2, 0) is 6.42 Å². The van der Waals surface area contributed by atoms with Gasteiger partial charge in [0, 0.05) is 11.0 Å². The summed E-state index contributed by atoms with van der Waals surface area (Å²) in [7, 11) is 0. The normalized spacial score (nSPS) is 10.3. The van der Waals surface area contributed by atoms with Gasteiger partial charge in [0.25, 0.3) is 5.91 Å². The van der Waals surface area contributed by atoms with Gasteiger partial charge in [0.1, 0.15) is 5.82 Å².